The number of carbonyl (C=O) groups is 3. The maximum Gasteiger partial charge on any atom is 0.274 e. The van der Waals surface area contributed by atoms with E-state index in [2.05, 4.69) is 20.5 Å². The number of ether oxygens (including phenoxy) is 1. The van der Waals surface area contributed by atoms with E-state index in [1.54, 1.807) is 42.5 Å². The summed E-state index contributed by atoms with van der Waals surface area (Å²) in [5.74, 6) is -0.792. The highest BCUT2D eigenvalue weighted by molar-refractivity contribution is 6.04. The maximum absolute atomic E-state index is 12.4. The fourth-order valence-corrected chi connectivity index (χ4v) is 2.91. The summed E-state index contributed by atoms with van der Waals surface area (Å²) in [5, 5.41) is 5.55. The van der Waals surface area contributed by atoms with Gasteiger partial charge in [0.05, 0.1) is 13.2 Å². The lowest BCUT2D eigenvalue weighted by Gasteiger charge is -2.26. The third-order valence-electron chi connectivity index (χ3n) is 4.58. The molecule has 0 unspecified atom stereocenters. The van der Waals surface area contributed by atoms with Gasteiger partial charge in [0.15, 0.2) is 5.78 Å². The van der Waals surface area contributed by atoms with E-state index in [1.165, 1.54) is 6.92 Å². The van der Waals surface area contributed by atoms with Crippen molar-refractivity contribution in [3.8, 4) is 0 Å². The van der Waals surface area contributed by atoms with Gasteiger partial charge in [-0.05, 0) is 43.3 Å². The number of ketones is 1. The molecule has 8 nitrogen and oxygen atoms in total. The van der Waals surface area contributed by atoms with Crippen LogP contribution < -0.4 is 10.6 Å². The normalized spacial score (nSPS) is 14.2. The lowest BCUT2D eigenvalue weighted by molar-refractivity contribution is 0.0383. The Morgan fingerprint density at radius 2 is 1.66 bits per heavy atom. The molecule has 29 heavy (non-hydrogen) atoms. The van der Waals surface area contributed by atoms with Crippen LogP contribution in [0.25, 0.3) is 0 Å². The Bertz CT molecular complexity index is 877. The minimum absolute atomic E-state index is 0.0446. The average molecular weight is 396 g/mol. The summed E-state index contributed by atoms with van der Waals surface area (Å²) in [7, 11) is 0. The molecule has 0 radical (unpaired) electrons. The highest BCUT2D eigenvalue weighted by atomic mass is 16.5. The zero-order chi connectivity index (χ0) is 20.6. The van der Waals surface area contributed by atoms with Gasteiger partial charge < -0.3 is 15.4 Å². The van der Waals surface area contributed by atoms with E-state index >= 15 is 0 Å². The lowest BCUT2D eigenvalue weighted by Crippen LogP contribution is -2.41. The van der Waals surface area contributed by atoms with E-state index < -0.39 is 5.91 Å². The van der Waals surface area contributed by atoms with Gasteiger partial charge in [-0.2, -0.15) is 0 Å². The molecule has 8 heteroatoms. The van der Waals surface area contributed by atoms with Crippen LogP contribution in [0.15, 0.2) is 42.5 Å². The molecule has 0 aliphatic carbocycles. The van der Waals surface area contributed by atoms with Crippen LogP contribution in [-0.4, -0.2) is 66.9 Å². The summed E-state index contributed by atoms with van der Waals surface area (Å²) in [6, 6.07) is 11.3. The number of hydrogen-bond donors (Lipinski definition) is 2. The Morgan fingerprint density at radius 3 is 2.31 bits per heavy atom. The van der Waals surface area contributed by atoms with Crippen molar-refractivity contribution in [2.24, 2.45) is 0 Å². The van der Waals surface area contributed by atoms with Gasteiger partial charge in [0.25, 0.3) is 11.8 Å². The third-order valence-corrected chi connectivity index (χ3v) is 4.58. The van der Waals surface area contributed by atoms with Gasteiger partial charge in [0.2, 0.25) is 0 Å². The lowest BCUT2D eigenvalue weighted by atomic mass is 10.1. The zero-order valence-corrected chi connectivity index (χ0v) is 16.3. The van der Waals surface area contributed by atoms with Crippen molar-refractivity contribution in [2.45, 2.75) is 6.92 Å². The van der Waals surface area contributed by atoms with Gasteiger partial charge in [-0.15, -0.1) is 0 Å². The van der Waals surface area contributed by atoms with E-state index in [0.717, 1.165) is 19.6 Å². The third kappa shape index (κ3) is 5.94. The summed E-state index contributed by atoms with van der Waals surface area (Å²) in [5.41, 5.74) is 1.44. The molecule has 1 aliphatic rings. The molecule has 1 saturated heterocycles. The summed E-state index contributed by atoms with van der Waals surface area (Å²) in [6.07, 6.45) is 0. The highest BCUT2D eigenvalue weighted by Gasteiger charge is 2.14. The molecule has 1 aromatic heterocycles. The van der Waals surface area contributed by atoms with Crippen molar-refractivity contribution in [2.75, 3.05) is 44.7 Å². The molecule has 3 rings (SSSR count). The van der Waals surface area contributed by atoms with Gasteiger partial charge in [-0.25, -0.2) is 4.98 Å². The molecule has 0 spiro atoms. The van der Waals surface area contributed by atoms with Crippen molar-refractivity contribution in [3.05, 3.63) is 59.4 Å². The van der Waals surface area contributed by atoms with Crippen molar-refractivity contribution in [3.63, 3.8) is 0 Å². The van der Waals surface area contributed by atoms with Gasteiger partial charge in [-0.1, -0.05) is 6.07 Å². The standard InChI is InChI=1S/C21H24N4O4/c1-15(26)16-5-7-17(8-6-16)23-21(28)19-4-2-3-18(24-19)20(27)22-9-10-25-11-13-29-14-12-25/h2-8H,9-14H2,1H3,(H,22,27)(H,23,28). The number of amides is 2. The molecule has 1 fully saturated rings. The van der Waals surface area contributed by atoms with Crippen molar-refractivity contribution in [1.82, 2.24) is 15.2 Å². The highest BCUT2D eigenvalue weighted by Crippen LogP contribution is 2.11. The van der Waals surface area contributed by atoms with E-state index in [-0.39, 0.29) is 23.1 Å². The predicted molar refractivity (Wildman–Crippen MR) is 108 cm³/mol. The molecular weight excluding hydrogens is 372 g/mol. The average Bonchev–Trinajstić information content (AvgIpc) is 2.75. The number of nitrogens with zero attached hydrogens (tertiary/aromatic N) is 2. The molecule has 1 aromatic carbocycles. The number of nitrogens with one attached hydrogen (secondary N) is 2. The number of anilines is 1. The molecule has 2 amide bonds. The minimum Gasteiger partial charge on any atom is -0.379 e. The van der Waals surface area contributed by atoms with Crippen LogP contribution >= 0.6 is 0 Å². The molecule has 2 N–H and O–H groups in total. The quantitative estimate of drug-likeness (QED) is 0.690. The van der Waals surface area contributed by atoms with Crippen LogP contribution in [0.2, 0.25) is 0 Å². The Balaban J connectivity index is 1.55. The number of aromatic nitrogens is 1. The predicted octanol–water partition coefficient (Wildman–Crippen LogP) is 1.60. The Kier molecular flexibility index (Phi) is 7.04. The van der Waals surface area contributed by atoms with Crippen LogP contribution in [0.5, 0.6) is 0 Å². The molecule has 0 bridgehead atoms. The van der Waals surface area contributed by atoms with Gasteiger partial charge in [-0.3, -0.25) is 19.3 Å². The number of morpholine rings is 1. The second kappa shape index (κ2) is 9.90. The number of pyridine rings is 1. The first-order valence-electron chi connectivity index (χ1n) is 9.50. The van der Waals surface area contributed by atoms with E-state index in [9.17, 15) is 14.4 Å². The summed E-state index contributed by atoms with van der Waals surface area (Å²) in [6.45, 7) is 5.86. The van der Waals surface area contributed by atoms with Gasteiger partial charge in [0.1, 0.15) is 11.4 Å². The van der Waals surface area contributed by atoms with Gasteiger partial charge in [0, 0.05) is 37.4 Å². The molecule has 0 atom stereocenters. The fraction of sp³-hybridized carbons (Fsp3) is 0.333. The smallest absolute Gasteiger partial charge is 0.274 e. The van der Waals surface area contributed by atoms with Crippen molar-refractivity contribution < 1.29 is 19.1 Å². The number of Topliss-reactive ketones (excluding diaryl/α,β-unsaturated/α-hetero) is 1. The first kappa shape index (κ1) is 20.6. The van der Waals surface area contributed by atoms with Crippen LogP contribution in [-0.2, 0) is 4.74 Å². The first-order valence-corrected chi connectivity index (χ1v) is 9.50. The van der Waals surface area contributed by atoms with Crippen LogP contribution in [0.3, 0.4) is 0 Å². The van der Waals surface area contributed by atoms with Crippen LogP contribution in [0, 0.1) is 0 Å². The Hall–Kier alpha value is -3.10. The topological polar surface area (TPSA) is 101 Å². The molecule has 1 aliphatic heterocycles. The molecule has 2 aromatic rings. The molecule has 2 heterocycles. The maximum atomic E-state index is 12.4. The minimum atomic E-state index is -0.427. The SMILES string of the molecule is CC(=O)c1ccc(NC(=O)c2cccc(C(=O)NCCN3CCOCC3)n2)cc1. The largest absolute Gasteiger partial charge is 0.379 e. The Labute approximate surface area is 169 Å². The van der Waals surface area contributed by atoms with Crippen molar-refractivity contribution in [1.29, 1.82) is 0 Å². The monoisotopic (exact) mass is 396 g/mol. The number of benzene rings is 1. The second-order valence-corrected chi connectivity index (χ2v) is 6.71. The van der Waals surface area contributed by atoms with E-state index in [0.29, 0.717) is 31.0 Å². The van der Waals surface area contributed by atoms with E-state index in [1.807, 2.05) is 0 Å². The first-order chi connectivity index (χ1) is 14.0. The molecular formula is C21H24N4O4. The van der Waals surface area contributed by atoms with E-state index in [4.69, 9.17) is 4.74 Å². The second-order valence-electron chi connectivity index (χ2n) is 6.71. The molecule has 0 saturated carbocycles. The summed E-state index contributed by atoms with van der Waals surface area (Å²) < 4.78 is 5.30. The van der Waals surface area contributed by atoms with Crippen LogP contribution in [0.1, 0.15) is 38.3 Å². The van der Waals surface area contributed by atoms with Gasteiger partial charge >= 0.3 is 0 Å². The number of hydrogen-bond acceptors (Lipinski definition) is 6. The molecule has 152 valence electrons. The zero-order valence-electron chi connectivity index (χ0n) is 16.3. The summed E-state index contributed by atoms with van der Waals surface area (Å²) >= 11 is 0. The Morgan fingerprint density at radius 1 is 1.00 bits per heavy atom. The van der Waals surface area contributed by atoms with Crippen LogP contribution in [0.4, 0.5) is 5.69 Å². The fourth-order valence-electron chi connectivity index (χ4n) is 2.91. The number of carbonyl (C=O) groups excluding carboxylic acids is 3. The summed E-state index contributed by atoms with van der Waals surface area (Å²) in [4.78, 5) is 42.5. The number of rotatable bonds is 7. The van der Waals surface area contributed by atoms with Crippen molar-refractivity contribution >= 4 is 23.3 Å².